The molecule has 0 aliphatic heterocycles. The Balaban J connectivity index is 0.000000721. The van der Waals surface area contributed by atoms with Crippen molar-refractivity contribution in [3.8, 4) is 10.4 Å². The Morgan fingerprint density at radius 1 is 0.800 bits per heavy atom. The Labute approximate surface area is 397 Å². The third kappa shape index (κ3) is 11.6. The average Bonchev–Trinajstić information content (AvgIpc) is 3.98. The summed E-state index contributed by atoms with van der Waals surface area (Å²) < 4.78 is 0. The van der Waals surface area contributed by atoms with Gasteiger partial charge in [-0.05, 0) is 154 Å². The quantitative estimate of drug-likeness (QED) is 0.0846. The Morgan fingerprint density at radius 3 is 2.22 bits per heavy atom. The first-order valence-corrected chi connectivity index (χ1v) is 25.2. The molecule has 5 aliphatic rings. The molecule has 1 heterocycles. The predicted molar refractivity (Wildman–Crippen MR) is 294 cm³/mol. The van der Waals surface area contributed by atoms with Gasteiger partial charge >= 0.3 is 0 Å². The fourth-order valence-corrected chi connectivity index (χ4v) is 10.3. The van der Waals surface area contributed by atoms with Gasteiger partial charge in [-0.2, -0.15) is 0 Å². The highest BCUT2D eigenvalue weighted by molar-refractivity contribution is 7.16. The maximum atomic E-state index is 4.25. The zero-order chi connectivity index (χ0) is 46.3. The van der Waals surface area contributed by atoms with Crippen molar-refractivity contribution in [2.75, 3.05) is 0 Å². The van der Waals surface area contributed by atoms with Crippen LogP contribution in [0.1, 0.15) is 126 Å². The van der Waals surface area contributed by atoms with Crippen molar-refractivity contribution in [3.63, 3.8) is 0 Å². The Hall–Kier alpha value is -5.76. The SMILES string of the molecule is C=C1C=CC=C(c2ccc(-c3ccc4c(\C=C(C(/C=C\C)=C/C)\C5C=CC=CC5)c5c(c(/C=C(/c6ccccc6)[C@@H]6C=CC=CC6C)c4c3)C=CC3CC53)s2)C1.C=CCC.CC.CCC. The lowest BCUT2D eigenvalue weighted by Gasteiger charge is -2.27. The van der Waals surface area contributed by atoms with Gasteiger partial charge in [0, 0.05) is 21.6 Å². The van der Waals surface area contributed by atoms with Crippen molar-refractivity contribution >= 4 is 51.5 Å². The summed E-state index contributed by atoms with van der Waals surface area (Å²) in [6.45, 7) is 24.7. The van der Waals surface area contributed by atoms with Gasteiger partial charge in [0.2, 0.25) is 0 Å². The van der Waals surface area contributed by atoms with Crippen LogP contribution in [0.4, 0.5) is 0 Å². The molecule has 1 aromatic heterocycles. The van der Waals surface area contributed by atoms with Gasteiger partial charge in [-0.25, -0.2) is 0 Å². The summed E-state index contributed by atoms with van der Waals surface area (Å²) in [6, 6.07) is 23.0. The van der Waals surface area contributed by atoms with Crippen LogP contribution in [0.2, 0.25) is 0 Å². The van der Waals surface area contributed by atoms with E-state index in [0.717, 1.165) is 24.8 Å². The fraction of sp³-hybridized carbons (Fsp3) is 0.281. The molecule has 334 valence electrons. The molecule has 65 heavy (non-hydrogen) atoms. The van der Waals surface area contributed by atoms with E-state index in [1.807, 2.05) is 31.3 Å². The van der Waals surface area contributed by atoms with E-state index in [9.17, 15) is 0 Å². The minimum absolute atomic E-state index is 0.278. The second kappa shape index (κ2) is 24.0. The largest absolute Gasteiger partial charge is 0.136 e. The van der Waals surface area contributed by atoms with Crippen LogP contribution in [-0.4, -0.2) is 0 Å². The zero-order valence-electron chi connectivity index (χ0n) is 40.5. The first kappa shape index (κ1) is 48.7. The summed E-state index contributed by atoms with van der Waals surface area (Å²) in [6.07, 6.45) is 49.1. The number of benzene rings is 3. The summed E-state index contributed by atoms with van der Waals surface area (Å²) in [4.78, 5) is 2.62. The van der Waals surface area contributed by atoms with Gasteiger partial charge in [0.15, 0.2) is 0 Å². The molecule has 0 bridgehead atoms. The molecule has 0 N–H and O–H groups in total. The highest BCUT2D eigenvalue weighted by atomic mass is 32.1. The van der Waals surface area contributed by atoms with Gasteiger partial charge < -0.3 is 0 Å². The van der Waals surface area contributed by atoms with Crippen molar-refractivity contribution in [2.24, 2.45) is 23.7 Å². The number of hydrogen-bond acceptors (Lipinski definition) is 1. The predicted octanol–water partition coefficient (Wildman–Crippen LogP) is 19.6. The van der Waals surface area contributed by atoms with Crippen LogP contribution in [0.25, 0.3) is 50.6 Å². The summed E-state index contributed by atoms with van der Waals surface area (Å²) >= 11 is 1.89. The van der Waals surface area contributed by atoms with Gasteiger partial charge in [0.1, 0.15) is 0 Å². The van der Waals surface area contributed by atoms with Gasteiger partial charge in [0.05, 0.1) is 0 Å². The molecular weight excluding hydrogens is 801 g/mol. The van der Waals surface area contributed by atoms with Crippen LogP contribution in [0.3, 0.4) is 0 Å². The van der Waals surface area contributed by atoms with E-state index in [2.05, 4.69) is 225 Å². The van der Waals surface area contributed by atoms with Crippen LogP contribution < -0.4 is 0 Å². The molecule has 1 saturated carbocycles. The third-order valence-electron chi connectivity index (χ3n) is 12.6. The van der Waals surface area contributed by atoms with Crippen molar-refractivity contribution in [1.29, 1.82) is 0 Å². The summed E-state index contributed by atoms with van der Waals surface area (Å²) in [5, 5.41) is 2.67. The molecule has 0 nitrogen and oxygen atoms in total. The van der Waals surface area contributed by atoms with E-state index in [0.29, 0.717) is 23.7 Å². The molecule has 0 spiro atoms. The topological polar surface area (TPSA) is 0 Å². The third-order valence-corrected chi connectivity index (χ3v) is 13.8. The van der Waals surface area contributed by atoms with Crippen LogP contribution in [-0.2, 0) is 0 Å². The minimum atomic E-state index is 0.278. The lowest BCUT2D eigenvalue weighted by Crippen LogP contribution is -2.12. The molecule has 1 fully saturated rings. The average molecular weight is 873 g/mol. The monoisotopic (exact) mass is 873 g/mol. The molecule has 1 heteroatoms. The van der Waals surface area contributed by atoms with E-state index in [1.54, 1.807) is 0 Å². The van der Waals surface area contributed by atoms with E-state index >= 15 is 0 Å². The molecule has 0 saturated heterocycles. The summed E-state index contributed by atoms with van der Waals surface area (Å²) in [5.74, 6) is 2.15. The lowest BCUT2D eigenvalue weighted by atomic mass is 9.77. The van der Waals surface area contributed by atoms with Crippen LogP contribution in [0, 0.1) is 23.7 Å². The Morgan fingerprint density at radius 2 is 1.54 bits per heavy atom. The second-order valence-corrected chi connectivity index (χ2v) is 18.4. The van der Waals surface area contributed by atoms with Crippen LogP contribution >= 0.6 is 11.3 Å². The van der Waals surface area contributed by atoms with Gasteiger partial charge in [-0.1, -0.05) is 206 Å². The number of fused-ring (bicyclic) bond motifs is 4. The van der Waals surface area contributed by atoms with E-state index in [-0.39, 0.29) is 5.92 Å². The number of allylic oxidation sites excluding steroid dienone is 21. The molecule has 9 rings (SSSR count). The second-order valence-electron chi connectivity index (χ2n) is 17.4. The van der Waals surface area contributed by atoms with Gasteiger partial charge in [0.25, 0.3) is 0 Å². The molecule has 4 unspecified atom stereocenters. The zero-order valence-corrected chi connectivity index (χ0v) is 41.3. The lowest BCUT2D eigenvalue weighted by molar-refractivity contribution is 0.622. The van der Waals surface area contributed by atoms with Gasteiger partial charge in [-0.15, -0.1) is 17.9 Å². The Bertz CT molecular complexity index is 2640. The Kier molecular flexibility index (Phi) is 17.9. The van der Waals surface area contributed by atoms with Crippen LogP contribution in [0.5, 0.6) is 0 Å². The number of thiophene rings is 1. The standard InChI is InChI=1S/C55H50S.C4H8.C3H8.C2H6/c1-5-16-38(6-2)47(39-19-9-7-10-20-39)34-52-45-27-26-43(54-30-29-53(56-54)42-23-15-17-36(3)31-42)33-50(45)51(46-28-25-41-32-49(41)55(46)52)35-48(40-21-11-8-12-22-40)44-24-14-13-18-37(44)4;1-3-4-2;1-3-2;1-2/h5-19,21-30,33-35,37,39,41,44,49H,3,20,31-32H2,1-2,4H3;3H,1,4H2,2H3;3H2,1-2H3;1-2H3/b16-5-,38-6+,47-34+,48-35-;;;/t37?,39?,41?,44-,49?;;;/m1.../s1. The molecule has 0 amide bonds. The summed E-state index contributed by atoms with van der Waals surface area (Å²) in [5.41, 5.74) is 14.8. The maximum Gasteiger partial charge on any atom is 0.0349 e. The van der Waals surface area contributed by atoms with Gasteiger partial charge in [-0.3, -0.25) is 0 Å². The minimum Gasteiger partial charge on any atom is -0.136 e. The maximum absolute atomic E-state index is 4.25. The molecule has 4 aromatic rings. The summed E-state index contributed by atoms with van der Waals surface area (Å²) in [7, 11) is 0. The van der Waals surface area contributed by atoms with E-state index in [1.165, 1.54) is 89.0 Å². The molecule has 5 aliphatic carbocycles. The first-order chi connectivity index (χ1) is 31.8. The highest BCUT2D eigenvalue weighted by Gasteiger charge is 2.42. The van der Waals surface area contributed by atoms with Crippen LogP contribution in [0.15, 0.2) is 188 Å². The smallest absolute Gasteiger partial charge is 0.0349 e. The normalized spacial score (nSPS) is 21.7. The van der Waals surface area contributed by atoms with Crippen molar-refractivity contribution in [3.05, 3.63) is 220 Å². The van der Waals surface area contributed by atoms with Crippen molar-refractivity contribution in [1.82, 2.24) is 0 Å². The molecular formula is C64H72S. The van der Waals surface area contributed by atoms with Crippen molar-refractivity contribution < 1.29 is 0 Å². The fourth-order valence-electron chi connectivity index (χ4n) is 9.28. The molecule has 5 atom stereocenters. The molecule has 0 radical (unpaired) electrons. The van der Waals surface area contributed by atoms with Crippen molar-refractivity contribution in [2.45, 2.75) is 93.4 Å². The molecule has 3 aromatic carbocycles. The first-order valence-electron chi connectivity index (χ1n) is 24.4. The highest BCUT2D eigenvalue weighted by Crippen LogP contribution is 2.57. The van der Waals surface area contributed by atoms with E-state index < -0.39 is 0 Å². The van der Waals surface area contributed by atoms with E-state index in [4.69, 9.17) is 0 Å². The number of rotatable bonds is 10. The number of hydrogen-bond donors (Lipinski definition) is 0.